The first-order chi connectivity index (χ1) is 16.5. The molecule has 1 aromatic rings. The van der Waals surface area contributed by atoms with Crippen LogP contribution < -0.4 is 10.6 Å². The quantitative estimate of drug-likeness (QED) is 0.269. The Hall–Kier alpha value is -3.12. The molecule has 1 aliphatic heterocycles. The van der Waals surface area contributed by atoms with Crippen LogP contribution in [0.15, 0.2) is 30.3 Å². The van der Waals surface area contributed by atoms with E-state index in [0.29, 0.717) is 17.7 Å². The van der Waals surface area contributed by atoms with Gasteiger partial charge in [0.05, 0.1) is 12.3 Å². The molecular formula is C23H32N4O7S. The standard InChI is InChI=1S/C23H32N4O7S/c1-16(24)9-12-21(29)25-14-18(28)10-11-19(23(31)32)26-22(30)20-8-5-13-27(20)35(33,34)15-17-6-3-2-4-7-17/h2-4,6-7,19-20,24H,5,8-15H2,1H3,(H,25,29)(H,26,30)(H,31,32). The van der Waals surface area contributed by atoms with Gasteiger partial charge >= 0.3 is 5.97 Å². The molecule has 1 aliphatic rings. The summed E-state index contributed by atoms with van der Waals surface area (Å²) in [5.74, 6) is -3.10. The van der Waals surface area contributed by atoms with Gasteiger partial charge in [0.1, 0.15) is 12.1 Å². The number of carbonyl (C=O) groups excluding carboxylic acids is 3. The summed E-state index contributed by atoms with van der Waals surface area (Å²) in [6.45, 7) is 1.47. The number of rotatable bonds is 14. The van der Waals surface area contributed by atoms with E-state index in [1.165, 1.54) is 0 Å². The van der Waals surface area contributed by atoms with Gasteiger partial charge in [-0.15, -0.1) is 0 Å². The maximum Gasteiger partial charge on any atom is 0.326 e. The van der Waals surface area contributed by atoms with Gasteiger partial charge < -0.3 is 21.1 Å². The van der Waals surface area contributed by atoms with Crippen LogP contribution in [0.2, 0.25) is 0 Å². The maximum absolute atomic E-state index is 12.9. The van der Waals surface area contributed by atoms with Gasteiger partial charge in [0.2, 0.25) is 21.8 Å². The third-order valence-electron chi connectivity index (χ3n) is 5.59. The van der Waals surface area contributed by atoms with E-state index in [-0.39, 0.29) is 56.9 Å². The molecular weight excluding hydrogens is 476 g/mol. The lowest BCUT2D eigenvalue weighted by Crippen LogP contribution is -2.51. The summed E-state index contributed by atoms with van der Waals surface area (Å²) in [6.07, 6.45) is 0.723. The normalized spacial score (nSPS) is 16.9. The molecule has 192 valence electrons. The minimum atomic E-state index is -3.80. The molecule has 0 aromatic heterocycles. The van der Waals surface area contributed by atoms with Crippen molar-refractivity contribution in [1.82, 2.24) is 14.9 Å². The van der Waals surface area contributed by atoms with E-state index in [1.807, 2.05) is 0 Å². The number of ketones is 1. The fraction of sp³-hybridized carbons (Fsp3) is 0.522. The average Bonchev–Trinajstić information content (AvgIpc) is 3.30. The molecule has 0 saturated carbocycles. The Bertz CT molecular complexity index is 1040. The van der Waals surface area contributed by atoms with E-state index in [2.05, 4.69) is 10.6 Å². The van der Waals surface area contributed by atoms with E-state index >= 15 is 0 Å². The smallest absolute Gasteiger partial charge is 0.326 e. The first-order valence-corrected chi connectivity index (χ1v) is 13.0. The minimum absolute atomic E-state index is 0.0848. The first kappa shape index (κ1) is 28.1. The second-order valence-corrected chi connectivity index (χ2v) is 10.5. The van der Waals surface area contributed by atoms with Crippen LogP contribution in [0.3, 0.4) is 0 Å². The summed E-state index contributed by atoms with van der Waals surface area (Å²) in [5, 5.41) is 21.6. The van der Waals surface area contributed by atoms with Gasteiger partial charge in [-0.25, -0.2) is 13.2 Å². The molecule has 0 spiro atoms. The first-order valence-electron chi connectivity index (χ1n) is 11.4. The van der Waals surface area contributed by atoms with E-state index < -0.39 is 39.8 Å². The summed E-state index contributed by atoms with van der Waals surface area (Å²) in [5.41, 5.74) is 0.931. The van der Waals surface area contributed by atoms with Crippen molar-refractivity contribution >= 4 is 39.3 Å². The number of nitrogens with one attached hydrogen (secondary N) is 3. The van der Waals surface area contributed by atoms with Crippen molar-refractivity contribution < 1.29 is 32.7 Å². The van der Waals surface area contributed by atoms with Gasteiger partial charge in [-0.3, -0.25) is 14.4 Å². The Kier molecular flexibility index (Phi) is 10.5. The third kappa shape index (κ3) is 9.21. The Labute approximate surface area is 204 Å². The fourth-order valence-electron chi connectivity index (χ4n) is 3.71. The number of sulfonamides is 1. The summed E-state index contributed by atoms with van der Waals surface area (Å²) in [4.78, 5) is 48.2. The number of hydrogen-bond acceptors (Lipinski definition) is 7. The van der Waals surface area contributed by atoms with E-state index in [4.69, 9.17) is 5.41 Å². The molecule has 11 nitrogen and oxygen atoms in total. The number of amides is 2. The SMILES string of the molecule is CC(=N)CCC(=O)NCC(=O)CCC(NC(=O)C1CCCN1S(=O)(=O)Cc1ccccc1)C(=O)O. The van der Waals surface area contributed by atoms with Crippen molar-refractivity contribution in [3.05, 3.63) is 35.9 Å². The molecule has 2 rings (SSSR count). The number of aliphatic carboxylic acids is 1. The van der Waals surface area contributed by atoms with Gasteiger partial charge in [-0.2, -0.15) is 4.31 Å². The Morgan fingerprint density at radius 2 is 1.83 bits per heavy atom. The third-order valence-corrected chi connectivity index (χ3v) is 7.44. The van der Waals surface area contributed by atoms with Crippen molar-refractivity contribution in [3.8, 4) is 0 Å². The molecule has 0 aliphatic carbocycles. The lowest BCUT2D eigenvalue weighted by Gasteiger charge is -2.25. The van der Waals surface area contributed by atoms with Gasteiger partial charge in [0.15, 0.2) is 5.78 Å². The van der Waals surface area contributed by atoms with Crippen LogP contribution in [0.1, 0.15) is 51.0 Å². The highest BCUT2D eigenvalue weighted by Gasteiger charge is 2.39. The molecule has 0 radical (unpaired) electrons. The molecule has 2 unspecified atom stereocenters. The molecule has 0 bridgehead atoms. The molecule has 2 atom stereocenters. The number of benzene rings is 1. The number of carbonyl (C=O) groups is 4. The predicted octanol–water partition coefficient (Wildman–Crippen LogP) is 0.836. The molecule has 1 aromatic carbocycles. The number of Topliss-reactive ketones (excluding diaryl/α,β-unsaturated/α-hetero) is 1. The van der Waals surface area contributed by atoms with Crippen molar-refractivity contribution in [2.24, 2.45) is 0 Å². The van der Waals surface area contributed by atoms with Crippen LogP contribution in [0.25, 0.3) is 0 Å². The zero-order valence-electron chi connectivity index (χ0n) is 19.7. The van der Waals surface area contributed by atoms with Crippen LogP contribution in [-0.2, 0) is 35.0 Å². The second-order valence-electron chi connectivity index (χ2n) is 8.54. The van der Waals surface area contributed by atoms with Crippen LogP contribution >= 0.6 is 0 Å². The van der Waals surface area contributed by atoms with E-state index in [0.717, 1.165) is 4.31 Å². The fourth-order valence-corrected chi connectivity index (χ4v) is 5.48. The molecule has 4 N–H and O–H groups in total. The zero-order chi connectivity index (χ0) is 26.0. The molecule has 35 heavy (non-hydrogen) atoms. The maximum atomic E-state index is 12.9. The summed E-state index contributed by atoms with van der Waals surface area (Å²) >= 11 is 0. The zero-order valence-corrected chi connectivity index (χ0v) is 20.5. The number of hydrogen-bond donors (Lipinski definition) is 4. The monoisotopic (exact) mass is 508 g/mol. The highest BCUT2D eigenvalue weighted by atomic mass is 32.2. The lowest BCUT2D eigenvalue weighted by atomic mass is 10.1. The summed E-state index contributed by atoms with van der Waals surface area (Å²) in [7, 11) is -3.80. The largest absolute Gasteiger partial charge is 0.480 e. The summed E-state index contributed by atoms with van der Waals surface area (Å²) < 4.78 is 26.9. The van der Waals surface area contributed by atoms with Crippen molar-refractivity contribution in [2.45, 2.75) is 63.3 Å². The van der Waals surface area contributed by atoms with Crippen molar-refractivity contribution in [1.29, 1.82) is 5.41 Å². The average molecular weight is 509 g/mol. The lowest BCUT2D eigenvalue weighted by molar-refractivity contribution is -0.142. The summed E-state index contributed by atoms with van der Waals surface area (Å²) in [6, 6.07) is 6.18. The molecule has 12 heteroatoms. The molecule has 1 saturated heterocycles. The molecule has 1 fully saturated rings. The Morgan fingerprint density at radius 1 is 1.14 bits per heavy atom. The predicted molar refractivity (Wildman–Crippen MR) is 128 cm³/mol. The van der Waals surface area contributed by atoms with Crippen LogP contribution in [0.4, 0.5) is 0 Å². The Balaban J connectivity index is 1.90. The highest BCUT2D eigenvalue weighted by molar-refractivity contribution is 7.88. The molecule has 2 amide bonds. The van der Waals surface area contributed by atoms with Crippen molar-refractivity contribution in [3.63, 3.8) is 0 Å². The van der Waals surface area contributed by atoms with Gasteiger partial charge in [-0.05, 0) is 38.2 Å². The van der Waals surface area contributed by atoms with Crippen LogP contribution in [-0.4, -0.2) is 72.3 Å². The molecule has 1 heterocycles. The minimum Gasteiger partial charge on any atom is -0.480 e. The number of carboxylic acid groups (broad SMARTS) is 1. The van der Waals surface area contributed by atoms with Crippen LogP contribution in [0, 0.1) is 5.41 Å². The van der Waals surface area contributed by atoms with Crippen molar-refractivity contribution in [2.75, 3.05) is 13.1 Å². The topological polar surface area (TPSA) is 174 Å². The van der Waals surface area contributed by atoms with Gasteiger partial charge in [0, 0.05) is 25.1 Å². The van der Waals surface area contributed by atoms with E-state index in [1.54, 1.807) is 37.3 Å². The Morgan fingerprint density at radius 3 is 2.46 bits per heavy atom. The van der Waals surface area contributed by atoms with E-state index in [9.17, 15) is 32.7 Å². The van der Waals surface area contributed by atoms with Gasteiger partial charge in [-0.1, -0.05) is 30.3 Å². The van der Waals surface area contributed by atoms with Crippen LogP contribution in [0.5, 0.6) is 0 Å². The second kappa shape index (κ2) is 13.1. The highest BCUT2D eigenvalue weighted by Crippen LogP contribution is 2.24. The number of carboxylic acids is 1. The van der Waals surface area contributed by atoms with Gasteiger partial charge in [0.25, 0.3) is 0 Å². The number of nitrogens with zero attached hydrogens (tertiary/aromatic N) is 1.